The molecule has 102 valence electrons. The maximum atomic E-state index is 6.07. The fourth-order valence-electron chi connectivity index (χ4n) is 3.10. The van der Waals surface area contributed by atoms with E-state index in [2.05, 4.69) is 34.1 Å². The molecule has 1 aromatic carbocycles. The zero-order valence-electron chi connectivity index (χ0n) is 11.0. The number of thiazole rings is 1. The number of hydrogen-bond acceptors (Lipinski definition) is 3. The zero-order chi connectivity index (χ0) is 13.3. The summed E-state index contributed by atoms with van der Waals surface area (Å²) < 4.78 is 2.38. The Bertz CT molecular complexity index is 573. The lowest BCUT2D eigenvalue weighted by molar-refractivity contribution is 0.197. The highest BCUT2D eigenvalue weighted by Crippen LogP contribution is 2.39. The molecule has 4 heteroatoms. The van der Waals surface area contributed by atoms with E-state index < -0.39 is 0 Å². The lowest BCUT2D eigenvalue weighted by Crippen LogP contribution is -2.34. The summed E-state index contributed by atoms with van der Waals surface area (Å²) in [5.41, 5.74) is 7.49. The predicted molar refractivity (Wildman–Crippen MR) is 85.6 cm³/mol. The van der Waals surface area contributed by atoms with Gasteiger partial charge in [-0.2, -0.15) is 0 Å². The molecule has 1 aromatic heterocycles. The van der Waals surface area contributed by atoms with Gasteiger partial charge < -0.3 is 5.73 Å². The second-order valence-corrected chi connectivity index (χ2v) is 7.69. The molecular formula is C15H19BrN2S. The highest BCUT2D eigenvalue weighted by molar-refractivity contribution is 9.10. The lowest BCUT2D eigenvalue weighted by Gasteiger charge is -2.35. The van der Waals surface area contributed by atoms with Crippen LogP contribution in [-0.2, 0) is 6.42 Å². The average Bonchev–Trinajstić information content (AvgIpc) is 2.81. The first-order valence-electron chi connectivity index (χ1n) is 6.96. The van der Waals surface area contributed by atoms with Crippen molar-refractivity contribution in [2.75, 3.05) is 6.54 Å². The molecule has 0 amide bonds. The first-order valence-corrected chi connectivity index (χ1v) is 8.57. The Kier molecular flexibility index (Phi) is 3.92. The molecule has 2 aromatic rings. The van der Waals surface area contributed by atoms with E-state index in [4.69, 9.17) is 10.7 Å². The van der Waals surface area contributed by atoms with E-state index in [-0.39, 0.29) is 0 Å². The van der Waals surface area contributed by atoms with Crippen LogP contribution in [0.15, 0.2) is 22.7 Å². The standard InChI is InChI=1S/C15H19BrN2S/c16-11-4-5-13-12(8-11)18-14(19-13)9-15(10-17)6-2-1-3-7-15/h4-5,8H,1-3,6-7,9-10,17H2. The molecule has 1 heterocycles. The minimum atomic E-state index is 0.309. The fraction of sp³-hybridized carbons (Fsp3) is 0.533. The van der Waals surface area contributed by atoms with Crippen molar-refractivity contribution in [1.82, 2.24) is 4.98 Å². The number of fused-ring (bicyclic) bond motifs is 1. The number of nitrogens with two attached hydrogens (primary N) is 1. The molecule has 19 heavy (non-hydrogen) atoms. The summed E-state index contributed by atoms with van der Waals surface area (Å²) in [5, 5.41) is 1.25. The SMILES string of the molecule is NCC1(Cc2nc3cc(Br)ccc3s2)CCCCC1. The Morgan fingerprint density at radius 1 is 1.26 bits per heavy atom. The maximum absolute atomic E-state index is 6.07. The predicted octanol–water partition coefficient (Wildman–Crippen LogP) is 4.51. The van der Waals surface area contributed by atoms with E-state index in [1.807, 2.05) is 11.3 Å². The van der Waals surface area contributed by atoms with Crippen LogP contribution in [-0.4, -0.2) is 11.5 Å². The molecule has 1 fully saturated rings. The third kappa shape index (κ3) is 2.86. The Balaban J connectivity index is 1.87. The van der Waals surface area contributed by atoms with Crippen molar-refractivity contribution in [3.63, 3.8) is 0 Å². The van der Waals surface area contributed by atoms with E-state index in [1.165, 1.54) is 41.8 Å². The number of rotatable bonds is 3. The van der Waals surface area contributed by atoms with Gasteiger partial charge in [-0.3, -0.25) is 0 Å². The third-order valence-electron chi connectivity index (χ3n) is 4.27. The first-order chi connectivity index (χ1) is 9.21. The van der Waals surface area contributed by atoms with Crippen LogP contribution >= 0.6 is 27.3 Å². The number of benzene rings is 1. The number of halogens is 1. The van der Waals surface area contributed by atoms with Crippen LogP contribution in [0.25, 0.3) is 10.2 Å². The van der Waals surface area contributed by atoms with Gasteiger partial charge in [-0.05, 0) is 43.0 Å². The minimum absolute atomic E-state index is 0.309. The molecule has 1 aliphatic rings. The molecule has 2 N–H and O–H groups in total. The van der Waals surface area contributed by atoms with E-state index in [1.54, 1.807) is 0 Å². The molecule has 1 aliphatic carbocycles. The molecule has 0 aliphatic heterocycles. The van der Waals surface area contributed by atoms with Gasteiger partial charge in [0.25, 0.3) is 0 Å². The normalized spacial score (nSPS) is 18.8. The van der Waals surface area contributed by atoms with Gasteiger partial charge in [0.1, 0.15) is 0 Å². The van der Waals surface area contributed by atoms with E-state index in [0.29, 0.717) is 5.41 Å². The molecule has 3 rings (SSSR count). The van der Waals surface area contributed by atoms with Crippen molar-refractivity contribution in [3.8, 4) is 0 Å². The van der Waals surface area contributed by atoms with Crippen LogP contribution in [0.3, 0.4) is 0 Å². The molecule has 2 nitrogen and oxygen atoms in total. The van der Waals surface area contributed by atoms with Gasteiger partial charge in [-0.1, -0.05) is 35.2 Å². The van der Waals surface area contributed by atoms with Gasteiger partial charge in [-0.25, -0.2) is 4.98 Å². The molecule has 0 unspecified atom stereocenters. The smallest absolute Gasteiger partial charge is 0.0944 e. The van der Waals surface area contributed by atoms with Gasteiger partial charge in [0.05, 0.1) is 15.2 Å². The molecule has 0 saturated heterocycles. The molecule has 0 spiro atoms. The van der Waals surface area contributed by atoms with Crippen molar-refractivity contribution in [2.45, 2.75) is 38.5 Å². The molecule has 0 atom stereocenters. The summed E-state index contributed by atoms with van der Waals surface area (Å²) >= 11 is 5.34. The van der Waals surface area contributed by atoms with Crippen LogP contribution in [0.5, 0.6) is 0 Å². The highest BCUT2D eigenvalue weighted by atomic mass is 79.9. The Labute approximate surface area is 126 Å². The van der Waals surface area contributed by atoms with E-state index in [9.17, 15) is 0 Å². The summed E-state index contributed by atoms with van der Waals surface area (Å²) in [6.07, 6.45) is 7.61. The Morgan fingerprint density at radius 2 is 2.05 bits per heavy atom. The van der Waals surface area contributed by atoms with Crippen LogP contribution in [0.4, 0.5) is 0 Å². The molecule has 0 radical (unpaired) electrons. The summed E-state index contributed by atoms with van der Waals surface area (Å²) in [5.74, 6) is 0. The minimum Gasteiger partial charge on any atom is -0.330 e. The molecule has 1 saturated carbocycles. The van der Waals surface area contributed by atoms with Crippen molar-refractivity contribution >= 4 is 37.5 Å². The average molecular weight is 339 g/mol. The van der Waals surface area contributed by atoms with Crippen LogP contribution in [0.2, 0.25) is 0 Å². The number of nitrogens with zero attached hydrogens (tertiary/aromatic N) is 1. The highest BCUT2D eigenvalue weighted by Gasteiger charge is 2.31. The molecule has 0 bridgehead atoms. The van der Waals surface area contributed by atoms with Crippen molar-refractivity contribution in [2.24, 2.45) is 11.1 Å². The van der Waals surface area contributed by atoms with E-state index >= 15 is 0 Å². The third-order valence-corrected chi connectivity index (χ3v) is 5.80. The maximum Gasteiger partial charge on any atom is 0.0944 e. The Morgan fingerprint density at radius 3 is 2.79 bits per heavy atom. The second-order valence-electron chi connectivity index (χ2n) is 5.66. The molecular weight excluding hydrogens is 320 g/mol. The second kappa shape index (κ2) is 5.51. The summed E-state index contributed by atoms with van der Waals surface area (Å²) in [6.45, 7) is 0.798. The largest absolute Gasteiger partial charge is 0.330 e. The Hall–Kier alpha value is -0.450. The van der Waals surface area contributed by atoms with Gasteiger partial charge >= 0.3 is 0 Å². The van der Waals surface area contributed by atoms with Crippen molar-refractivity contribution < 1.29 is 0 Å². The van der Waals surface area contributed by atoms with Gasteiger partial charge in [0.15, 0.2) is 0 Å². The summed E-state index contributed by atoms with van der Waals surface area (Å²) in [6, 6.07) is 6.34. The van der Waals surface area contributed by atoms with E-state index in [0.717, 1.165) is 23.0 Å². The van der Waals surface area contributed by atoms with Crippen LogP contribution in [0.1, 0.15) is 37.1 Å². The van der Waals surface area contributed by atoms with Gasteiger partial charge in [-0.15, -0.1) is 11.3 Å². The van der Waals surface area contributed by atoms with Crippen LogP contribution < -0.4 is 5.73 Å². The number of hydrogen-bond donors (Lipinski definition) is 1. The zero-order valence-corrected chi connectivity index (χ0v) is 13.4. The number of aromatic nitrogens is 1. The van der Waals surface area contributed by atoms with Gasteiger partial charge in [0, 0.05) is 10.9 Å². The fourth-order valence-corrected chi connectivity index (χ4v) is 4.57. The van der Waals surface area contributed by atoms with Crippen LogP contribution in [0, 0.1) is 5.41 Å². The van der Waals surface area contributed by atoms with Crippen molar-refractivity contribution in [3.05, 3.63) is 27.7 Å². The summed E-state index contributed by atoms with van der Waals surface area (Å²) in [4.78, 5) is 4.79. The van der Waals surface area contributed by atoms with Crippen molar-refractivity contribution in [1.29, 1.82) is 0 Å². The quantitative estimate of drug-likeness (QED) is 0.893. The first kappa shape index (κ1) is 13.5. The lowest BCUT2D eigenvalue weighted by atomic mass is 9.72. The van der Waals surface area contributed by atoms with Gasteiger partial charge in [0.2, 0.25) is 0 Å². The monoisotopic (exact) mass is 338 g/mol. The topological polar surface area (TPSA) is 38.9 Å². The summed E-state index contributed by atoms with van der Waals surface area (Å²) in [7, 11) is 0.